The SMILES string of the molecule is CC[C@@H](N)C(=O)NCCCCOCCOC. The van der Waals surface area contributed by atoms with E-state index in [1.807, 2.05) is 6.92 Å². The van der Waals surface area contributed by atoms with E-state index < -0.39 is 0 Å². The molecule has 0 aromatic carbocycles. The van der Waals surface area contributed by atoms with E-state index in [0.29, 0.717) is 32.8 Å². The summed E-state index contributed by atoms with van der Waals surface area (Å²) in [6.45, 7) is 4.53. The molecule has 0 unspecified atom stereocenters. The third-order valence-electron chi connectivity index (χ3n) is 2.22. The van der Waals surface area contributed by atoms with Crippen LogP contribution in [0.3, 0.4) is 0 Å². The van der Waals surface area contributed by atoms with Crippen LogP contribution in [0, 0.1) is 0 Å². The number of amides is 1. The molecule has 1 amide bonds. The van der Waals surface area contributed by atoms with Crippen LogP contribution >= 0.6 is 0 Å². The maximum absolute atomic E-state index is 11.3. The van der Waals surface area contributed by atoms with E-state index in [1.165, 1.54) is 0 Å². The molecule has 0 fully saturated rings. The number of hydrogen-bond acceptors (Lipinski definition) is 4. The van der Waals surface area contributed by atoms with Crippen LogP contribution in [0.2, 0.25) is 0 Å². The van der Waals surface area contributed by atoms with Gasteiger partial charge in [0.05, 0.1) is 19.3 Å². The maximum Gasteiger partial charge on any atom is 0.236 e. The van der Waals surface area contributed by atoms with Crippen LogP contribution in [-0.2, 0) is 14.3 Å². The van der Waals surface area contributed by atoms with Crippen molar-refractivity contribution in [1.29, 1.82) is 0 Å². The summed E-state index contributed by atoms with van der Waals surface area (Å²) >= 11 is 0. The van der Waals surface area contributed by atoms with Gasteiger partial charge >= 0.3 is 0 Å². The van der Waals surface area contributed by atoms with Crippen molar-refractivity contribution < 1.29 is 14.3 Å². The topological polar surface area (TPSA) is 73.6 Å². The van der Waals surface area contributed by atoms with E-state index in [2.05, 4.69) is 5.32 Å². The van der Waals surface area contributed by atoms with E-state index in [9.17, 15) is 4.79 Å². The molecule has 0 aliphatic rings. The quantitative estimate of drug-likeness (QED) is 0.531. The number of nitrogens with two attached hydrogens (primary N) is 1. The monoisotopic (exact) mass is 232 g/mol. The second-order valence-electron chi connectivity index (χ2n) is 3.62. The highest BCUT2D eigenvalue weighted by Crippen LogP contribution is 1.90. The van der Waals surface area contributed by atoms with Crippen LogP contribution in [0.4, 0.5) is 0 Å². The molecular weight excluding hydrogens is 208 g/mol. The van der Waals surface area contributed by atoms with Crippen LogP contribution in [-0.4, -0.2) is 45.4 Å². The normalized spacial score (nSPS) is 12.4. The standard InChI is InChI=1S/C11H24N2O3/c1-3-10(12)11(14)13-6-4-5-7-16-9-8-15-2/h10H,3-9,12H2,1-2H3,(H,13,14)/t10-/m1/s1. The Morgan fingerprint density at radius 2 is 2.06 bits per heavy atom. The molecule has 0 spiro atoms. The Morgan fingerprint density at radius 1 is 1.31 bits per heavy atom. The Labute approximate surface area is 97.7 Å². The van der Waals surface area contributed by atoms with E-state index in [4.69, 9.17) is 15.2 Å². The number of unbranched alkanes of at least 4 members (excludes halogenated alkanes) is 1. The summed E-state index contributed by atoms with van der Waals surface area (Å²) in [6, 6.07) is -0.377. The fourth-order valence-corrected chi connectivity index (χ4v) is 1.10. The van der Waals surface area contributed by atoms with Crippen molar-refractivity contribution in [2.75, 3.05) is 33.5 Å². The molecule has 1 atom stereocenters. The number of carbonyl (C=O) groups is 1. The smallest absolute Gasteiger partial charge is 0.236 e. The van der Waals surface area contributed by atoms with Gasteiger partial charge in [0.25, 0.3) is 0 Å². The highest BCUT2D eigenvalue weighted by Gasteiger charge is 2.08. The van der Waals surface area contributed by atoms with Crippen LogP contribution in [0.15, 0.2) is 0 Å². The number of methoxy groups -OCH3 is 1. The van der Waals surface area contributed by atoms with Crippen molar-refractivity contribution in [3.05, 3.63) is 0 Å². The molecule has 5 heteroatoms. The highest BCUT2D eigenvalue weighted by atomic mass is 16.5. The molecule has 0 aliphatic heterocycles. The van der Waals surface area contributed by atoms with Gasteiger partial charge in [-0.05, 0) is 19.3 Å². The summed E-state index contributed by atoms with van der Waals surface area (Å²) < 4.78 is 10.1. The van der Waals surface area contributed by atoms with Crippen LogP contribution in [0.25, 0.3) is 0 Å². The largest absolute Gasteiger partial charge is 0.382 e. The molecule has 5 nitrogen and oxygen atoms in total. The van der Waals surface area contributed by atoms with Crippen molar-refractivity contribution in [3.8, 4) is 0 Å². The Hall–Kier alpha value is -0.650. The molecule has 0 saturated heterocycles. The van der Waals surface area contributed by atoms with Crippen molar-refractivity contribution in [3.63, 3.8) is 0 Å². The number of rotatable bonds is 10. The molecule has 0 aromatic rings. The number of ether oxygens (including phenoxy) is 2. The second-order valence-corrected chi connectivity index (χ2v) is 3.62. The molecule has 0 rings (SSSR count). The average Bonchev–Trinajstić information content (AvgIpc) is 2.31. The molecule has 0 radical (unpaired) electrons. The molecule has 3 N–H and O–H groups in total. The van der Waals surface area contributed by atoms with Crippen LogP contribution in [0.1, 0.15) is 26.2 Å². The van der Waals surface area contributed by atoms with Crippen molar-refractivity contribution in [2.24, 2.45) is 5.73 Å². The van der Waals surface area contributed by atoms with Gasteiger partial charge in [-0.25, -0.2) is 0 Å². The fourth-order valence-electron chi connectivity index (χ4n) is 1.10. The van der Waals surface area contributed by atoms with E-state index in [0.717, 1.165) is 12.8 Å². The van der Waals surface area contributed by atoms with Crippen molar-refractivity contribution >= 4 is 5.91 Å². The Morgan fingerprint density at radius 3 is 2.69 bits per heavy atom. The predicted molar refractivity (Wildman–Crippen MR) is 63.2 cm³/mol. The van der Waals surface area contributed by atoms with E-state index in [1.54, 1.807) is 7.11 Å². The predicted octanol–water partition coefficient (Wildman–Crippen LogP) is 0.283. The Kier molecular flexibility index (Phi) is 10.4. The van der Waals surface area contributed by atoms with Gasteiger partial charge in [-0.2, -0.15) is 0 Å². The summed E-state index contributed by atoms with van der Waals surface area (Å²) in [5, 5.41) is 2.79. The van der Waals surface area contributed by atoms with Gasteiger partial charge in [0.15, 0.2) is 0 Å². The fraction of sp³-hybridized carbons (Fsp3) is 0.909. The molecule has 16 heavy (non-hydrogen) atoms. The molecule has 0 aromatic heterocycles. The van der Waals surface area contributed by atoms with Gasteiger partial charge in [-0.1, -0.05) is 6.92 Å². The zero-order valence-electron chi connectivity index (χ0n) is 10.3. The van der Waals surface area contributed by atoms with Crippen LogP contribution < -0.4 is 11.1 Å². The van der Waals surface area contributed by atoms with Gasteiger partial charge in [-0.3, -0.25) is 4.79 Å². The van der Waals surface area contributed by atoms with E-state index in [-0.39, 0.29) is 11.9 Å². The lowest BCUT2D eigenvalue weighted by Gasteiger charge is -2.09. The zero-order valence-corrected chi connectivity index (χ0v) is 10.3. The lowest BCUT2D eigenvalue weighted by atomic mass is 10.2. The first kappa shape index (κ1) is 15.3. The van der Waals surface area contributed by atoms with Gasteiger partial charge in [0.1, 0.15) is 0 Å². The summed E-state index contributed by atoms with van der Waals surface area (Å²) in [4.78, 5) is 11.3. The minimum Gasteiger partial charge on any atom is -0.382 e. The first-order valence-corrected chi connectivity index (χ1v) is 5.82. The van der Waals surface area contributed by atoms with Gasteiger partial charge in [0.2, 0.25) is 5.91 Å². The summed E-state index contributed by atoms with van der Waals surface area (Å²) in [7, 11) is 1.65. The van der Waals surface area contributed by atoms with Crippen molar-refractivity contribution in [1.82, 2.24) is 5.32 Å². The Balaban J connectivity index is 3.18. The third-order valence-corrected chi connectivity index (χ3v) is 2.22. The first-order valence-electron chi connectivity index (χ1n) is 5.82. The van der Waals surface area contributed by atoms with Gasteiger partial charge in [0, 0.05) is 20.3 Å². The third kappa shape index (κ3) is 8.64. The van der Waals surface area contributed by atoms with Crippen LogP contribution in [0.5, 0.6) is 0 Å². The van der Waals surface area contributed by atoms with Gasteiger partial charge < -0.3 is 20.5 Å². The average molecular weight is 232 g/mol. The zero-order chi connectivity index (χ0) is 12.2. The molecule has 0 heterocycles. The van der Waals surface area contributed by atoms with Gasteiger partial charge in [-0.15, -0.1) is 0 Å². The molecule has 0 aliphatic carbocycles. The Bertz CT molecular complexity index is 177. The number of nitrogens with one attached hydrogen (secondary N) is 1. The highest BCUT2D eigenvalue weighted by molar-refractivity contribution is 5.81. The number of hydrogen-bond donors (Lipinski definition) is 2. The summed E-state index contributed by atoms with van der Waals surface area (Å²) in [5.74, 6) is -0.0669. The molecule has 0 bridgehead atoms. The molecule has 96 valence electrons. The minimum absolute atomic E-state index is 0.0669. The molecule has 0 saturated carbocycles. The van der Waals surface area contributed by atoms with E-state index >= 15 is 0 Å². The second kappa shape index (κ2) is 10.9. The minimum atomic E-state index is -0.377. The van der Waals surface area contributed by atoms with Crippen molar-refractivity contribution in [2.45, 2.75) is 32.2 Å². The summed E-state index contributed by atoms with van der Waals surface area (Å²) in [6.07, 6.45) is 2.52. The lowest BCUT2D eigenvalue weighted by Crippen LogP contribution is -2.40. The maximum atomic E-state index is 11.3. The number of carbonyl (C=O) groups excluding carboxylic acids is 1. The molecular formula is C11H24N2O3. The lowest BCUT2D eigenvalue weighted by molar-refractivity contribution is -0.122. The summed E-state index contributed by atoms with van der Waals surface area (Å²) in [5.41, 5.74) is 5.56. The first-order chi connectivity index (χ1) is 7.72.